The molecule has 0 bridgehead atoms. The standard InChI is InChI=1S/C27H32N2O7/c1-27(2)9-8-16-10-15(6-7-20(16)36-27)11-19-24(26(32)29-28-19)18(14-23(30)35-5)17-12-21(33-3)25(31)22(13-17)34-4/h6-7,10,12-13,18,31H,8-9,11,14H2,1-5H3,(H2,28,29,32)/t18-/m1/s1. The number of rotatable bonds is 8. The Balaban J connectivity index is 1.75. The average molecular weight is 497 g/mol. The van der Waals surface area contributed by atoms with Gasteiger partial charge in [0, 0.05) is 23.6 Å². The molecule has 0 amide bonds. The molecule has 192 valence electrons. The molecule has 1 aromatic heterocycles. The summed E-state index contributed by atoms with van der Waals surface area (Å²) in [5.41, 5.74) is 3.23. The van der Waals surface area contributed by atoms with Crippen molar-refractivity contribution in [3.63, 3.8) is 0 Å². The fraction of sp³-hybridized carbons (Fsp3) is 0.407. The van der Waals surface area contributed by atoms with Gasteiger partial charge in [0.25, 0.3) is 5.56 Å². The van der Waals surface area contributed by atoms with Gasteiger partial charge < -0.3 is 29.2 Å². The molecule has 2 heterocycles. The molecular formula is C27H32N2O7. The highest BCUT2D eigenvalue weighted by atomic mass is 16.5. The van der Waals surface area contributed by atoms with Crippen LogP contribution in [0.2, 0.25) is 0 Å². The second-order valence-corrected chi connectivity index (χ2v) is 9.56. The number of H-pyrrole nitrogens is 2. The van der Waals surface area contributed by atoms with Gasteiger partial charge in [-0.3, -0.25) is 14.7 Å². The minimum Gasteiger partial charge on any atom is -0.502 e. The third kappa shape index (κ3) is 5.05. The van der Waals surface area contributed by atoms with E-state index in [1.54, 1.807) is 12.1 Å². The second kappa shape index (κ2) is 10.0. The molecule has 9 heteroatoms. The van der Waals surface area contributed by atoms with Crippen LogP contribution >= 0.6 is 0 Å². The molecule has 36 heavy (non-hydrogen) atoms. The summed E-state index contributed by atoms with van der Waals surface area (Å²) >= 11 is 0. The van der Waals surface area contributed by atoms with Crippen LogP contribution in [-0.4, -0.2) is 48.2 Å². The summed E-state index contributed by atoms with van der Waals surface area (Å²) < 4.78 is 21.6. The van der Waals surface area contributed by atoms with Gasteiger partial charge in [0.05, 0.1) is 27.8 Å². The number of hydrogen-bond donors (Lipinski definition) is 3. The lowest BCUT2D eigenvalue weighted by molar-refractivity contribution is -0.140. The quantitative estimate of drug-likeness (QED) is 0.405. The van der Waals surface area contributed by atoms with Gasteiger partial charge in [-0.2, -0.15) is 0 Å². The molecule has 2 aromatic carbocycles. The largest absolute Gasteiger partial charge is 0.502 e. The van der Waals surface area contributed by atoms with Crippen molar-refractivity contribution in [2.24, 2.45) is 0 Å². The zero-order valence-electron chi connectivity index (χ0n) is 21.2. The predicted octanol–water partition coefficient (Wildman–Crippen LogP) is 3.82. The lowest BCUT2D eigenvalue weighted by atomic mass is 9.86. The van der Waals surface area contributed by atoms with Crippen LogP contribution in [0.15, 0.2) is 35.1 Å². The lowest BCUT2D eigenvalue weighted by Gasteiger charge is -2.32. The van der Waals surface area contributed by atoms with Crippen LogP contribution in [0.3, 0.4) is 0 Å². The van der Waals surface area contributed by atoms with E-state index in [1.807, 2.05) is 12.1 Å². The third-order valence-electron chi connectivity index (χ3n) is 6.64. The van der Waals surface area contributed by atoms with Crippen molar-refractivity contribution in [2.75, 3.05) is 21.3 Å². The van der Waals surface area contributed by atoms with Crippen LogP contribution in [-0.2, 0) is 22.4 Å². The molecule has 0 spiro atoms. The topological polar surface area (TPSA) is 123 Å². The number of phenols is 1. The Kier molecular flexibility index (Phi) is 7.01. The smallest absolute Gasteiger partial charge is 0.306 e. The van der Waals surface area contributed by atoms with E-state index in [1.165, 1.54) is 21.3 Å². The first kappa shape index (κ1) is 25.2. The molecule has 0 aliphatic carbocycles. The van der Waals surface area contributed by atoms with Crippen molar-refractivity contribution in [1.82, 2.24) is 10.2 Å². The number of aromatic amines is 2. The second-order valence-electron chi connectivity index (χ2n) is 9.56. The molecule has 0 unspecified atom stereocenters. The number of aromatic hydroxyl groups is 1. The minimum absolute atomic E-state index is 0.0887. The predicted molar refractivity (Wildman–Crippen MR) is 133 cm³/mol. The van der Waals surface area contributed by atoms with E-state index >= 15 is 0 Å². The number of carbonyl (C=O) groups excluding carboxylic acids is 1. The van der Waals surface area contributed by atoms with Gasteiger partial charge in [-0.25, -0.2) is 0 Å². The summed E-state index contributed by atoms with van der Waals surface area (Å²) in [6.07, 6.45) is 2.18. The van der Waals surface area contributed by atoms with Crippen molar-refractivity contribution in [2.45, 2.75) is 51.0 Å². The van der Waals surface area contributed by atoms with E-state index in [-0.39, 0.29) is 34.8 Å². The number of methoxy groups -OCH3 is 3. The molecule has 3 aromatic rings. The Hall–Kier alpha value is -3.88. The summed E-state index contributed by atoms with van der Waals surface area (Å²) in [6.45, 7) is 4.16. The molecule has 1 aliphatic heterocycles. The van der Waals surface area contributed by atoms with Crippen molar-refractivity contribution in [3.8, 4) is 23.0 Å². The highest BCUT2D eigenvalue weighted by Crippen LogP contribution is 2.41. The Morgan fingerprint density at radius 1 is 1.11 bits per heavy atom. The van der Waals surface area contributed by atoms with E-state index in [2.05, 4.69) is 30.1 Å². The van der Waals surface area contributed by atoms with Crippen LogP contribution < -0.4 is 19.8 Å². The van der Waals surface area contributed by atoms with E-state index in [4.69, 9.17) is 18.9 Å². The number of aromatic nitrogens is 2. The Morgan fingerprint density at radius 3 is 2.44 bits per heavy atom. The summed E-state index contributed by atoms with van der Waals surface area (Å²) in [7, 11) is 4.14. The van der Waals surface area contributed by atoms with Crippen LogP contribution in [0.25, 0.3) is 0 Å². The van der Waals surface area contributed by atoms with E-state index in [9.17, 15) is 14.7 Å². The van der Waals surface area contributed by atoms with Crippen molar-refractivity contribution in [1.29, 1.82) is 0 Å². The Morgan fingerprint density at radius 2 is 1.81 bits per heavy atom. The molecule has 1 aliphatic rings. The van der Waals surface area contributed by atoms with Crippen LogP contribution in [0, 0.1) is 0 Å². The number of hydrogen-bond acceptors (Lipinski definition) is 7. The molecular weight excluding hydrogens is 464 g/mol. The Labute approximate surface area is 209 Å². The third-order valence-corrected chi connectivity index (χ3v) is 6.64. The number of carbonyl (C=O) groups is 1. The first-order valence-electron chi connectivity index (χ1n) is 11.8. The van der Waals surface area contributed by atoms with Gasteiger partial charge in [-0.15, -0.1) is 0 Å². The maximum atomic E-state index is 13.0. The summed E-state index contributed by atoms with van der Waals surface area (Å²) in [4.78, 5) is 25.4. The minimum atomic E-state index is -0.674. The number of esters is 1. The number of phenolic OH excluding ortho intramolecular Hbond substituents is 1. The summed E-state index contributed by atoms with van der Waals surface area (Å²) in [5.74, 6) is -0.0951. The van der Waals surface area contributed by atoms with Gasteiger partial charge in [0.1, 0.15) is 11.4 Å². The van der Waals surface area contributed by atoms with Gasteiger partial charge >= 0.3 is 5.97 Å². The van der Waals surface area contributed by atoms with Crippen LogP contribution in [0.1, 0.15) is 60.6 Å². The monoisotopic (exact) mass is 496 g/mol. The lowest BCUT2D eigenvalue weighted by Crippen LogP contribution is -2.32. The first-order valence-corrected chi connectivity index (χ1v) is 11.8. The van der Waals surface area contributed by atoms with Crippen molar-refractivity contribution >= 4 is 5.97 Å². The van der Waals surface area contributed by atoms with Gasteiger partial charge in [-0.1, -0.05) is 12.1 Å². The Bertz CT molecular complexity index is 1300. The number of ether oxygens (including phenoxy) is 4. The number of aryl methyl sites for hydroxylation is 1. The van der Waals surface area contributed by atoms with E-state index < -0.39 is 11.9 Å². The normalized spacial score (nSPS) is 14.9. The van der Waals surface area contributed by atoms with Gasteiger partial charge in [0.2, 0.25) is 5.75 Å². The highest BCUT2D eigenvalue weighted by molar-refractivity contribution is 5.72. The average Bonchev–Trinajstić information content (AvgIpc) is 3.21. The highest BCUT2D eigenvalue weighted by Gasteiger charge is 2.29. The summed E-state index contributed by atoms with van der Waals surface area (Å²) in [6, 6.07) is 9.25. The fourth-order valence-electron chi connectivity index (χ4n) is 4.69. The maximum absolute atomic E-state index is 13.0. The van der Waals surface area contributed by atoms with Crippen LogP contribution in [0.5, 0.6) is 23.0 Å². The van der Waals surface area contributed by atoms with E-state index in [0.29, 0.717) is 23.2 Å². The molecule has 3 N–H and O–H groups in total. The zero-order valence-corrected chi connectivity index (χ0v) is 21.2. The van der Waals surface area contributed by atoms with Crippen molar-refractivity contribution in [3.05, 3.63) is 68.6 Å². The molecule has 0 fully saturated rings. The maximum Gasteiger partial charge on any atom is 0.306 e. The molecule has 4 rings (SSSR count). The molecule has 1 atom stereocenters. The number of nitrogens with one attached hydrogen (secondary N) is 2. The number of benzene rings is 2. The van der Waals surface area contributed by atoms with Gasteiger partial charge in [0.15, 0.2) is 11.5 Å². The van der Waals surface area contributed by atoms with Crippen LogP contribution in [0.4, 0.5) is 0 Å². The number of fused-ring (bicyclic) bond motifs is 1. The zero-order chi connectivity index (χ0) is 26.0. The first-order chi connectivity index (χ1) is 17.2. The van der Waals surface area contributed by atoms with Gasteiger partial charge in [-0.05, 0) is 61.6 Å². The SMILES string of the molecule is COC(=O)C[C@H](c1cc(OC)c(O)c(OC)c1)c1c(Cc2ccc3c(c2)CCC(C)(C)O3)[nH][nH]c1=O. The van der Waals surface area contributed by atoms with Crippen molar-refractivity contribution < 1.29 is 28.8 Å². The molecule has 0 saturated heterocycles. The fourth-order valence-corrected chi connectivity index (χ4v) is 4.69. The molecule has 0 radical (unpaired) electrons. The molecule has 0 saturated carbocycles. The summed E-state index contributed by atoms with van der Waals surface area (Å²) in [5, 5.41) is 16.0. The van der Waals surface area contributed by atoms with E-state index in [0.717, 1.165) is 29.7 Å². The molecule has 9 nitrogen and oxygen atoms in total.